The first-order chi connectivity index (χ1) is 10.6. The lowest BCUT2D eigenvalue weighted by molar-refractivity contribution is -0.117. The smallest absolute Gasteiger partial charge is 0.238 e. The van der Waals surface area contributed by atoms with E-state index in [1.807, 2.05) is 59.9 Å². The van der Waals surface area contributed by atoms with Crippen LogP contribution >= 0.6 is 0 Å². The number of aliphatic hydroxyl groups is 1. The third-order valence-electron chi connectivity index (χ3n) is 3.39. The average molecular weight is 322 g/mol. The maximum absolute atomic E-state index is 12.2. The fourth-order valence-electron chi connectivity index (χ4n) is 2.26. The molecule has 0 bridgehead atoms. The van der Waals surface area contributed by atoms with Crippen molar-refractivity contribution in [3.8, 4) is 0 Å². The summed E-state index contributed by atoms with van der Waals surface area (Å²) in [7, 11) is 1.81. The number of hydrogen-bond donors (Lipinski definition) is 2. The Morgan fingerprint density at radius 2 is 1.87 bits per heavy atom. The van der Waals surface area contributed by atoms with Crippen LogP contribution in [0.3, 0.4) is 0 Å². The summed E-state index contributed by atoms with van der Waals surface area (Å²) in [5, 5.41) is 12.9. The minimum absolute atomic E-state index is 0.0890. The zero-order chi connectivity index (χ0) is 17.6. The van der Waals surface area contributed by atoms with Gasteiger partial charge in [-0.25, -0.2) is 0 Å². The lowest BCUT2D eigenvalue weighted by atomic mass is 10.1. The molecule has 0 aliphatic carbocycles. The monoisotopic (exact) mass is 322 g/mol. The van der Waals surface area contributed by atoms with Gasteiger partial charge in [0.25, 0.3) is 0 Å². The second kappa shape index (κ2) is 8.43. The molecule has 0 spiro atoms. The number of para-hydroxylation sites is 1. The Labute approximate surface area is 139 Å². The van der Waals surface area contributed by atoms with Gasteiger partial charge in [0.2, 0.25) is 5.91 Å². The molecule has 1 amide bonds. The predicted molar refractivity (Wildman–Crippen MR) is 93.8 cm³/mol. The first kappa shape index (κ1) is 19.6. The van der Waals surface area contributed by atoms with E-state index in [2.05, 4.69) is 5.32 Å². The quantitative estimate of drug-likeness (QED) is 0.809. The van der Waals surface area contributed by atoms with E-state index in [1.165, 1.54) is 0 Å². The molecule has 0 aromatic heterocycles. The molecule has 0 saturated heterocycles. The summed E-state index contributed by atoms with van der Waals surface area (Å²) in [4.78, 5) is 14.0. The maximum Gasteiger partial charge on any atom is 0.238 e. The van der Waals surface area contributed by atoms with Crippen molar-refractivity contribution in [3.63, 3.8) is 0 Å². The number of benzene rings is 1. The minimum Gasteiger partial charge on any atom is -0.389 e. The van der Waals surface area contributed by atoms with Gasteiger partial charge in [-0.15, -0.1) is 0 Å². The van der Waals surface area contributed by atoms with Gasteiger partial charge < -0.3 is 15.2 Å². The molecule has 23 heavy (non-hydrogen) atoms. The highest BCUT2D eigenvalue weighted by molar-refractivity contribution is 5.93. The summed E-state index contributed by atoms with van der Waals surface area (Å²) < 4.78 is 5.55. The van der Waals surface area contributed by atoms with Gasteiger partial charge in [0.05, 0.1) is 24.9 Å². The zero-order valence-corrected chi connectivity index (χ0v) is 15.1. The molecule has 2 N–H and O–H groups in total. The Morgan fingerprint density at radius 3 is 2.39 bits per heavy atom. The number of nitrogens with zero attached hydrogens (tertiary/aromatic N) is 1. The van der Waals surface area contributed by atoms with Crippen molar-refractivity contribution >= 4 is 11.6 Å². The van der Waals surface area contributed by atoms with Crippen molar-refractivity contribution < 1.29 is 14.6 Å². The third kappa shape index (κ3) is 7.59. The highest BCUT2D eigenvalue weighted by Crippen LogP contribution is 2.19. The average Bonchev–Trinajstić information content (AvgIpc) is 2.40. The van der Waals surface area contributed by atoms with Crippen LogP contribution in [0.5, 0.6) is 0 Å². The Balaban J connectivity index is 2.45. The SMILES string of the molecule is Cc1cccc(C)c1NC(=O)CN(C)CC(O)COC(C)(C)C. The molecule has 1 aromatic carbocycles. The molecule has 0 heterocycles. The number of carbonyl (C=O) groups excluding carboxylic acids is 1. The molecular formula is C18H30N2O3. The number of carbonyl (C=O) groups is 1. The standard InChI is InChI=1S/C18H30N2O3/c1-13-8-7-9-14(2)17(13)19-16(22)11-20(6)10-15(21)12-23-18(3,4)5/h7-9,15,21H,10-12H2,1-6H3,(H,19,22). The van der Waals surface area contributed by atoms with Crippen molar-refractivity contribution in [2.45, 2.75) is 46.3 Å². The van der Waals surface area contributed by atoms with E-state index in [4.69, 9.17) is 4.74 Å². The number of aryl methyl sites for hydroxylation is 2. The number of anilines is 1. The number of ether oxygens (including phenoxy) is 1. The predicted octanol–water partition coefficient (Wildman–Crippen LogP) is 2.35. The molecule has 0 fully saturated rings. The summed E-state index contributed by atoms with van der Waals surface area (Å²) in [6, 6.07) is 5.91. The Kier molecular flexibility index (Phi) is 7.19. The molecule has 0 aliphatic heterocycles. The number of likely N-dealkylation sites (N-methyl/N-ethyl adjacent to an activating group) is 1. The van der Waals surface area contributed by atoms with Gasteiger partial charge in [0.15, 0.2) is 0 Å². The number of amides is 1. The Bertz CT molecular complexity index is 503. The highest BCUT2D eigenvalue weighted by Gasteiger charge is 2.16. The second-order valence-corrected chi connectivity index (χ2v) is 7.09. The van der Waals surface area contributed by atoms with Crippen LogP contribution in [-0.4, -0.2) is 54.4 Å². The summed E-state index contributed by atoms with van der Waals surface area (Å²) in [5.41, 5.74) is 2.67. The van der Waals surface area contributed by atoms with E-state index < -0.39 is 6.10 Å². The first-order valence-corrected chi connectivity index (χ1v) is 7.95. The van der Waals surface area contributed by atoms with Crippen molar-refractivity contribution in [2.75, 3.05) is 32.1 Å². The molecule has 1 aromatic rings. The number of hydrogen-bond acceptors (Lipinski definition) is 4. The molecule has 1 rings (SSSR count). The lowest BCUT2D eigenvalue weighted by Crippen LogP contribution is -2.38. The van der Waals surface area contributed by atoms with Gasteiger partial charge in [-0.05, 0) is 52.8 Å². The molecule has 1 atom stereocenters. The zero-order valence-electron chi connectivity index (χ0n) is 15.1. The number of nitrogens with one attached hydrogen (secondary N) is 1. The van der Waals surface area contributed by atoms with Gasteiger partial charge >= 0.3 is 0 Å². The van der Waals surface area contributed by atoms with Gasteiger partial charge in [0.1, 0.15) is 0 Å². The second-order valence-electron chi connectivity index (χ2n) is 7.09. The van der Waals surface area contributed by atoms with Crippen LogP contribution in [0.4, 0.5) is 5.69 Å². The van der Waals surface area contributed by atoms with E-state index in [9.17, 15) is 9.90 Å². The Morgan fingerprint density at radius 1 is 1.30 bits per heavy atom. The van der Waals surface area contributed by atoms with E-state index in [0.29, 0.717) is 6.54 Å². The van der Waals surface area contributed by atoms with Gasteiger partial charge in [-0.3, -0.25) is 9.69 Å². The minimum atomic E-state index is -0.618. The van der Waals surface area contributed by atoms with E-state index >= 15 is 0 Å². The van der Waals surface area contributed by atoms with Crippen molar-refractivity contribution in [1.82, 2.24) is 4.90 Å². The largest absolute Gasteiger partial charge is 0.389 e. The number of aliphatic hydroxyl groups excluding tert-OH is 1. The van der Waals surface area contributed by atoms with Gasteiger partial charge in [0, 0.05) is 12.2 Å². The van der Waals surface area contributed by atoms with E-state index in [0.717, 1.165) is 16.8 Å². The molecule has 1 unspecified atom stereocenters. The topological polar surface area (TPSA) is 61.8 Å². The van der Waals surface area contributed by atoms with Crippen LogP contribution in [0.1, 0.15) is 31.9 Å². The van der Waals surface area contributed by atoms with Crippen LogP contribution in [0.25, 0.3) is 0 Å². The van der Waals surface area contributed by atoms with Crippen LogP contribution in [0.2, 0.25) is 0 Å². The lowest BCUT2D eigenvalue weighted by Gasteiger charge is -2.24. The normalized spacial score (nSPS) is 13.2. The van der Waals surface area contributed by atoms with Crippen molar-refractivity contribution in [3.05, 3.63) is 29.3 Å². The van der Waals surface area contributed by atoms with Crippen LogP contribution in [0, 0.1) is 13.8 Å². The van der Waals surface area contributed by atoms with Gasteiger partial charge in [-0.1, -0.05) is 18.2 Å². The summed E-state index contributed by atoms with van der Waals surface area (Å²) in [6.45, 7) is 10.6. The molecule has 5 heteroatoms. The fraction of sp³-hybridized carbons (Fsp3) is 0.611. The van der Waals surface area contributed by atoms with Gasteiger partial charge in [-0.2, -0.15) is 0 Å². The summed E-state index contributed by atoms with van der Waals surface area (Å²) in [5.74, 6) is -0.0890. The molecule has 0 saturated carbocycles. The third-order valence-corrected chi connectivity index (χ3v) is 3.39. The van der Waals surface area contributed by atoms with Crippen LogP contribution in [0.15, 0.2) is 18.2 Å². The van der Waals surface area contributed by atoms with Crippen LogP contribution in [-0.2, 0) is 9.53 Å². The summed E-state index contributed by atoms with van der Waals surface area (Å²) >= 11 is 0. The molecule has 130 valence electrons. The molecule has 0 radical (unpaired) electrons. The van der Waals surface area contributed by atoms with E-state index in [1.54, 1.807) is 4.90 Å². The highest BCUT2D eigenvalue weighted by atomic mass is 16.5. The maximum atomic E-state index is 12.2. The molecule has 5 nitrogen and oxygen atoms in total. The number of rotatable bonds is 7. The Hall–Kier alpha value is -1.43. The summed E-state index contributed by atoms with van der Waals surface area (Å²) in [6.07, 6.45) is -0.618. The molecule has 0 aliphatic rings. The first-order valence-electron chi connectivity index (χ1n) is 7.95. The van der Waals surface area contributed by atoms with Crippen LogP contribution < -0.4 is 5.32 Å². The van der Waals surface area contributed by atoms with Crippen molar-refractivity contribution in [2.24, 2.45) is 0 Å². The molecular weight excluding hydrogens is 292 g/mol. The van der Waals surface area contributed by atoms with Crippen molar-refractivity contribution in [1.29, 1.82) is 0 Å². The van der Waals surface area contributed by atoms with E-state index in [-0.39, 0.29) is 24.7 Å². The fourth-order valence-corrected chi connectivity index (χ4v) is 2.26.